The third-order valence-corrected chi connectivity index (χ3v) is 7.79. The van der Waals surface area contributed by atoms with Crippen molar-refractivity contribution in [3.63, 3.8) is 0 Å². The number of hydrogen-bond donors (Lipinski definition) is 0. The van der Waals surface area contributed by atoms with Crippen LogP contribution < -0.4 is 9.64 Å². The van der Waals surface area contributed by atoms with E-state index in [1.807, 2.05) is 53.4 Å². The Morgan fingerprint density at radius 3 is 2.39 bits per heavy atom. The van der Waals surface area contributed by atoms with Crippen LogP contribution in [-0.2, 0) is 6.61 Å². The van der Waals surface area contributed by atoms with Crippen molar-refractivity contribution in [3.05, 3.63) is 101 Å². The van der Waals surface area contributed by atoms with Crippen LogP contribution in [0.2, 0.25) is 5.02 Å². The summed E-state index contributed by atoms with van der Waals surface area (Å²) in [6.07, 6.45) is 13.1. The fourth-order valence-electron chi connectivity index (χ4n) is 5.62. The summed E-state index contributed by atoms with van der Waals surface area (Å²) in [4.78, 5) is 15.8. The van der Waals surface area contributed by atoms with Crippen molar-refractivity contribution < 1.29 is 9.53 Å². The van der Waals surface area contributed by atoms with Crippen molar-refractivity contribution in [1.29, 1.82) is 0 Å². The van der Waals surface area contributed by atoms with E-state index in [2.05, 4.69) is 30.7 Å². The number of carbonyl (C=O) groups excluding carboxylic acids is 1. The first-order chi connectivity index (χ1) is 17.7. The van der Waals surface area contributed by atoms with Crippen molar-refractivity contribution in [3.8, 4) is 5.75 Å². The van der Waals surface area contributed by atoms with Crippen LogP contribution in [0.1, 0.15) is 85.2 Å². The van der Waals surface area contributed by atoms with E-state index in [0.717, 1.165) is 42.7 Å². The molecule has 1 unspecified atom stereocenters. The van der Waals surface area contributed by atoms with E-state index in [4.69, 9.17) is 16.3 Å². The molecule has 0 spiro atoms. The number of hydrogen-bond acceptors (Lipinski definition) is 2. The zero-order valence-electron chi connectivity index (χ0n) is 20.9. The molecule has 0 aliphatic heterocycles. The van der Waals surface area contributed by atoms with E-state index in [1.165, 1.54) is 37.7 Å². The third-order valence-electron chi connectivity index (χ3n) is 7.55. The van der Waals surface area contributed by atoms with E-state index in [9.17, 15) is 4.79 Å². The topological polar surface area (TPSA) is 29.5 Å². The summed E-state index contributed by atoms with van der Waals surface area (Å²) in [7, 11) is 0. The van der Waals surface area contributed by atoms with Gasteiger partial charge in [-0.25, -0.2) is 0 Å². The van der Waals surface area contributed by atoms with Crippen LogP contribution in [0.15, 0.2) is 72.8 Å². The minimum Gasteiger partial charge on any atom is -0.489 e. The lowest BCUT2D eigenvalue weighted by Gasteiger charge is -2.34. The Labute approximate surface area is 220 Å². The van der Waals surface area contributed by atoms with Gasteiger partial charge in [-0.1, -0.05) is 74.0 Å². The molecule has 2 aliphatic carbocycles. The quantitative estimate of drug-likeness (QED) is 0.324. The highest BCUT2D eigenvalue weighted by molar-refractivity contribution is 6.31. The van der Waals surface area contributed by atoms with Crippen molar-refractivity contribution in [2.24, 2.45) is 0 Å². The van der Waals surface area contributed by atoms with Crippen LogP contribution in [0.25, 0.3) is 0 Å². The van der Waals surface area contributed by atoms with Gasteiger partial charge in [0.25, 0.3) is 5.91 Å². The van der Waals surface area contributed by atoms with E-state index in [1.54, 1.807) is 0 Å². The maximum absolute atomic E-state index is 13.8. The number of rotatable bonds is 7. The molecule has 2 aliphatic rings. The molecule has 2 fully saturated rings. The highest BCUT2D eigenvalue weighted by Crippen LogP contribution is 2.33. The minimum atomic E-state index is 0.0269. The van der Waals surface area contributed by atoms with E-state index in [0.29, 0.717) is 23.1 Å². The van der Waals surface area contributed by atoms with Crippen molar-refractivity contribution in [2.45, 2.75) is 76.4 Å². The number of anilines is 1. The maximum Gasteiger partial charge on any atom is 0.258 e. The van der Waals surface area contributed by atoms with Crippen molar-refractivity contribution in [1.82, 2.24) is 0 Å². The number of nitrogens with zero attached hydrogens (tertiary/aromatic N) is 1. The zero-order valence-corrected chi connectivity index (χ0v) is 21.6. The molecule has 0 saturated heterocycles. The van der Waals surface area contributed by atoms with Gasteiger partial charge in [0, 0.05) is 22.3 Å². The largest absolute Gasteiger partial charge is 0.489 e. The molecule has 3 aromatic rings. The zero-order chi connectivity index (χ0) is 24.7. The van der Waals surface area contributed by atoms with Gasteiger partial charge in [0.1, 0.15) is 12.4 Å². The highest BCUT2D eigenvalue weighted by Gasteiger charge is 2.28. The van der Waals surface area contributed by atoms with Crippen LogP contribution in [0.5, 0.6) is 5.75 Å². The van der Waals surface area contributed by atoms with Crippen LogP contribution in [0.3, 0.4) is 0 Å². The Bertz CT molecular complexity index is 1150. The average molecular weight is 501 g/mol. The van der Waals surface area contributed by atoms with Gasteiger partial charge in [0.2, 0.25) is 0 Å². The van der Waals surface area contributed by atoms with Crippen LogP contribution >= 0.6 is 11.6 Å². The van der Waals surface area contributed by atoms with Crippen molar-refractivity contribution in [2.75, 3.05) is 4.90 Å². The minimum absolute atomic E-state index is 0.0269. The molecule has 1 atom stereocenters. The molecule has 2 saturated carbocycles. The van der Waals surface area contributed by atoms with Gasteiger partial charge in [0.05, 0.1) is 0 Å². The molecule has 3 aromatic carbocycles. The number of carbonyl (C=O) groups is 1. The molecule has 36 heavy (non-hydrogen) atoms. The molecule has 1 amide bonds. The monoisotopic (exact) mass is 500 g/mol. The van der Waals surface area contributed by atoms with Crippen molar-refractivity contribution >= 4 is 23.2 Å². The molecular weight excluding hydrogens is 466 g/mol. The first-order valence-corrected chi connectivity index (χ1v) is 13.8. The lowest BCUT2D eigenvalue weighted by molar-refractivity contribution is 0.0970. The van der Waals surface area contributed by atoms with Gasteiger partial charge in [-0.15, -0.1) is 0 Å². The number of ether oxygens (including phenoxy) is 1. The third kappa shape index (κ3) is 6.13. The van der Waals surface area contributed by atoms with E-state index >= 15 is 0 Å². The highest BCUT2D eigenvalue weighted by atomic mass is 35.5. The van der Waals surface area contributed by atoms with Crippen LogP contribution in [0.4, 0.5) is 5.69 Å². The first kappa shape index (κ1) is 24.9. The standard InChI is InChI=1S/C32H35ClNO2/c33-28-13-8-16-30(22-28)34(29-14-5-2-6-15-29)32(35)27-12-7-9-24(21-27)23-36-31-19-17-26(18-20-31)25-10-3-1-4-11-25/h7-10,12-13,16-22,25,29H,1-6,11,14-15,23H2. The molecule has 4 heteroatoms. The van der Waals surface area contributed by atoms with E-state index < -0.39 is 0 Å². The van der Waals surface area contributed by atoms with Gasteiger partial charge in [-0.3, -0.25) is 4.79 Å². The Morgan fingerprint density at radius 1 is 0.861 bits per heavy atom. The molecule has 1 radical (unpaired) electrons. The summed E-state index contributed by atoms with van der Waals surface area (Å²) >= 11 is 6.30. The fraction of sp³-hybridized carbons (Fsp3) is 0.375. The normalized spacial score (nSPS) is 17.0. The van der Waals surface area contributed by atoms with E-state index in [-0.39, 0.29) is 11.9 Å². The first-order valence-electron chi connectivity index (χ1n) is 13.4. The predicted octanol–water partition coefficient (Wildman–Crippen LogP) is 8.76. The van der Waals surface area contributed by atoms with Crippen LogP contribution in [-0.4, -0.2) is 11.9 Å². The summed E-state index contributed by atoms with van der Waals surface area (Å²) in [5.41, 5.74) is 3.92. The molecular formula is C32H35ClNO2. The van der Waals surface area contributed by atoms with Gasteiger partial charge in [-0.2, -0.15) is 0 Å². The summed E-state index contributed by atoms with van der Waals surface area (Å²) < 4.78 is 6.09. The summed E-state index contributed by atoms with van der Waals surface area (Å²) in [5.74, 6) is 1.45. The Balaban J connectivity index is 1.29. The maximum atomic E-state index is 13.8. The molecule has 0 bridgehead atoms. The second-order valence-electron chi connectivity index (χ2n) is 10.1. The summed E-state index contributed by atoms with van der Waals surface area (Å²) in [6.45, 7) is 0.427. The molecule has 5 rings (SSSR count). The Morgan fingerprint density at radius 2 is 1.64 bits per heavy atom. The van der Waals surface area contributed by atoms with Gasteiger partial charge in [-0.05, 0) is 91.6 Å². The second-order valence-corrected chi connectivity index (χ2v) is 10.6. The molecule has 0 heterocycles. The Hall–Kier alpha value is -2.78. The molecule has 187 valence electrons. The Kier molecular flexibility index (Phi) is 8.28. The lowest BCUT2D eigenvalue weighted by atomic mass is 9.84. The smallest absolute Gasteiger partial charge is 0.258 e. The predicted molar refractivity (Wildman–Crippen MR) is 148 cm³/mol. The molecule has 0 N–H and O–H groups in total. The SMILES string of the molecule is O=C(c1cccc(COc2ccc(C3[CH]CCCC3)cc2)c1)N(c1cccc(Cl)c1)C1CCCCC1. The summed E-state index contributed by atoms with van der Waals surface area (Å²) in [5, 5.41) is 0.649. The number of halogens is 1. The molecule has 3 nitrogen and oxygen atoms in total. The average Bonchev–Trinajstić information content (AvgIpc) is 2.94. The van der Waals surface area contributed by atoms with Gasteiger partial charge in [0.15, 0.2) is 0 Å². The molecule has 0 aromatic heterocycles. The van der Waals surface area contributed by atoms with Crippen LogP contribution in [0, 0.1) is 6.42 Å². The lowest BCUT2D eigenvalue weighted by Crippen LogP contribution is -2.41. The second kappa shape index (κ2) is 12.0. The summed E-state index contributed by atoms with van der Waals surface area (Å²) in [6, 6.07) is 24.2. The number of amides is 1. The van der Waals surface area contributed by atoms with Gasteiger partial charge < -0.3 is 9.64 Å². The van der Waals surface area contributed by atoms with Gasteiger partial charge >= 0.3 is 0 Å². The number of benzene rings is 3. The fourth-order valence-corrected chi connectivity index (χ4v) is 5.80.